The third-order valence-electron chi connectivity index (χ3n) is 5.55. The molecular weight excluding hydrogens is 430 g/mol. The fourth-order valence-electron chi connectivity index (χ4n) is 3.97. The summed E-state index contributed by atoms with van der Waals surface area (Å²) in [4.78, 5) is 6.59. The van der Waals surface area contributed by atoms with Gasteiger partial charge in [0.1, 0.15) is 11.5 Å². The summed E-state index contributed by atoms with van der Waals surface area (Å²) in [5, 5.41) is 16.6. The van der Waals surface area contributed by atoms with Crippen LogP contribution in [0.25, 0.3) is 11.5 Å². The van der Waals surface area contributed by atoms with Crippen molar-refractivity contribution in [2.24, 2.45) is 0 Å². The first-order valence-electron chi connectivity index (χ1n) is 9.91. The van der Waals surface area contributed by atoms with Crippen molar-refractivity contribution >= 4 is 28.9 Å². The summed E-state index contributed by atoms with van der Waals surface area (Å²) < 4.78 is 19.4. The first-order chi connectivity index (χ1) is 14.6. The highest BCUT2D eigenvalue weighted by Gasteiger charge is 2.26. The Bertz CT molecular complexity index is 1090. The molecular formula is C20H19Cl2FN6O. The Labute approximate surface area is 182 Å². The summed E-state index contributed by atoms with van der Waals surface area (Å²) in [5.74, 6) is 0.486. The smallest absolute Gasteiger partial charge is 0.244 e. The molecule has 3 aromatic rings. The zero-order chi connectivity index (χ0) is 20.7. The van der Waals surface area contributed by atoms with E-state index in [4.69, 9.17) is 27.7 Å². The quantitative estimate of drug-likeness (QED) is 0.594. The fourth-order valence-corrected chi connectivity index (χ4v) is 4.46. The molecule has 0 aliphatic carbocycles. The van der Waals surface area contributed by atoms with Crippen LogP contribution in [0.1, 0.15) is 42.5 Å². The molecule has 1 atom stereocenters. The first-order valence-corrected chi connectivity index (χ1v) is 10.7. The Morgan fingerprint density at radius 1 is 1.23 bits per heavy atom. The summed E-state index contributed by atoms with van der Waals surface area (Å²) in [6.07, 6.45) is 3.78. The number of hydrogen-bond donors (Lipinski definition) is 1. The van der Waals surface area contributed by atoms with Crippen molar-refractivity contribution in [1.29, 1.82) is 0 Å². The molecule has 1 N–H and O–H groups in total. The number of nitrogens with one attached hydrogen (secondary N) is 1. The predicted octanol–water partition coefficient (Wildman–Crippen LogP) is 4.35. The van der Waals surface area contributed by atoms with Gasteiger partial charge in [0.05, 0.1) is 22.4 Å². The van der Waals surface area contributed by atoms with E-state index in [9.17, 15) is 4.39 Å². The second-order valence-corrected chi connectivity index (χ2v) is 8.30. The zero-order valence-corrected chi connectivity index (χ0v) is 17.5. The van der Waals surface area contributed by atoms with Gasteiger partial charge in [-0.2, -0.15) is 10.1 Å². The van der Waals surface area contributed by atoms with Crippen molar-refractivity contribution in [2.75, 3.05) is 18.0 Å². The lowest BCUT2D eigenvalue weighted by Crippen LogP contribution is -2.30. The highest BCUT2D eigenvalue weighted by atomic mass is 35.5. The third kappa shape index (κ3) is 3.64. The van der Waals surface area contributed by atoms with Crippen LogP contribution in [0.2, 0.25) is 10.0 Å². The molecule has 4 heterocycles. The van der Waals surface area contributed by atoms with E-state index in [1.807, 2.05) is 6.07 Å². The van der Waals surface area contributed by atoms with E-state index in [-0.39, 0.29) is 11.1 Å². The summed E-state index contributed by atoms with van der Waals surface area (Å²) in [6, 6.07) is 4.79. The number of aryl methyl sites for hydroxylation is 1. The molecule has 30 heavy (non-hydrogen) atoms. The van der Waals surface area contributed by atoms with Crippen LogP contribution in [0.5, 0.6) is 0 Å². The number of aromatic nitrogens is 4. The van der Waals surface area contributed by atoms with Crippen LogP contribution in [-0.4, -0.2) is 33.4 Å². The highest BCUT2D eigenvalue weighted by molar-refractivity contribution is 6.36. The molecule has 0 spiro atoms. The maximum Gasteiger partial charge on any atom is 0.244 e. The minimum atomic E-state index is -0.485. The van der Waals surface area contributed by atoms with E-state index in [2.05, 4.69) is 30.6 Å². The largest absolute Gasteiger partial charge is 0.365 e. The Balaban J connectivity index is 1.46. The van der Waals surface area contributed by atoms with Crippen LogP contribution < -0.4 is 10.2 Å². The van der Waals surface area contributed by atoms with Gasteiger partial charge in [-0.15, -0.1) is 5.10 Å². The standard InChI is InChI=1S/C20H19Cl2FN6O/c21-12-5-6-13(23)18(22)11(12)10-29-8-2-4-14-17(29)9-16(27-26-14)19-25-20(30-28-19)15-3-1-7-24-15/h5-6,9,15,24H,1-4,7-8,10H2. The van der Waals surface area contributed by atoms with Crippen LogP contribution in [0.15, 0.2) is 22.7 Å². The average molecular weight is 449 g/mol. The molecule has 10 heteroatoms. The molecule has 0 amide bonds. The Hall–Kier alpha value is -2.29. The zero-order valence-electron chi connectivity index (χ0n) is 16.0. The molecule has 0 saturated carbocycles. The lowest BCUT2D eigenvalue weighted by Gasteiger charge is -2.31. The Morgan fingerprint density at radius 2 is 2.13 bits per heavy atom. The summed E-state index contributed by atoms with van der Waals surface area (Å²) in [6.45, 7) is 2.09. The van der Waals surface area contributed by atoms with Crippen molar-refractivity contribution < 1.29 is 8.91 Å². The van der Waals surface area contributed by atoms with Crippen LogP contribution >= 0.6 is 23.2 Å². The van der Waals surface area contributed by atoms with Crippen LogP contribution in [0.4, 0.5) is 10.1 Å². The van der Waals surface area contributed by atoms with E-state index in [0.29, 0.717) is 34.5 Å². The minimum absolute atomic E-state index is 0.0451. The maximum absolute atomic E-state index is 14.0. The number of halogens is 3. The van der Waals surface area contributed by atoms with Crippen LogP contribution in [0.3, 0.4) is 0 Å². The van der Waals surface area contributed by atoms with Gasteiger partial charge >= 0.3 is 0 Å². The summed E-state index contributed by atoms with van der Waals surface area (Å²) in [5.41, 5.74) is 2.85. The number of benzene rings is 1. The molecule has 1 fully saturated rings. The van der Waals surface area contributed by atoms with Gasteiger partial charge in [0.2, 0.25) is 11.7 Å². The lowest BCUT2D eigenvalue weighted by atomic mass is 10.1. The average Bonchev–Trinajstić information content (AvgIpc) is 3.45. The van der Waals surface area contributed by atoms with E-state index in [1.165, 1.54) is 12.1 Å². The Morgan fingerprint density at radius 3 is 2.97 bits per heavy atom. The molecule has 2 aliphatic rings. The van der Waals surface area contributed by atoms with Crippen molar-refractivity contribution in [3.63, 3.8) is 0 Å². The van der Waals surface area contributed by atoms with Gasteiger partial charge in [0.15, 0.2) is 0 Å². The second-order valence-electron chi connectivity index (χ2n) is 7.51. The van der Waals surface area contributed by atoms with Crippen molar-refractivity contribution in [3.05, 3.63) is 51.2 Å². The van der Waals surface area contributed by atoms with Gasteiger partial charge < -0.3 is 14.7 Å². The van der Waals surface area contributed by atoms with Crippen molar-refractivity contribution in [2.45, 2.75) is 38.3 Å². The van der Waals surface area contributed by atoms with E-state index < -0.39 is 5.82 Å². The summed E-state index contributed by atoms with van der Waals surface area (Å²) in [7, 11) is 0. The van der Waals surface area contributed by atoms with Gasteiger partial charge in [0, 0.05) is 23.7 Å². The number of nitrogens with zero attached hydrogens (tertiary/aromatic N) is 5. The van der Waals surface area contributed by atoms with Crippen molar-refractivity contribution in [1.82, 2.24) is 25.7 Å². The van der Waals surface area contributed by atoms with Gasteiger partial charge in [-0.1, -0.05) is 28.4 Å². The topological polar surface area (TPSA) is 80.0 Å². The van der Waals surface area contributed by atoms with Crippen LogP contribution in [-0.2, 0) is 13.0 Å². The molecule has 5 rings (SSSR count). The first kappa shape index (κ1) is 19.7. The molecule has 0 radical (unpaired) electrons. The van der Waals surface area contributed by atoms with E-state index in [1.54, 1.807) is 0 Å². The second kappa shape index (κ2) is 8.09. The van der Waals surface area contributed by atoms with Gasteiger partial charge in [0.25, 0.3) is 0 Å². The molecule has 1 saturated heterocycles. The monoisotopic (exact) mass is 448 g/mol. The lowest BCUT2D eigenvalue weighted by molar-refractivity contribution is 0.345. The number of hydrogen-bond acceptors (Lipinski definition) is 7. The van der Waals surface area contributed by atoms with Crippen molar-refractivity contribution in [3.8, 4) is 11.5 Å². The van der Waals surface area contributed by atoms with E-state index >= 15 is 0 Å². The molecule has 2 aromatic heterocycles. The maximum atomic E-state index is 14.0. The van der Waals surface area contributed by atoms with Gasteiger partial charge in [-0.3, -0.25) is 0 Å². The van der Waals surface area contributed by atoms with E-state index in [0.717, 1.165) is 50.2 Å². The normalized spacial score (nSPS) is 18.6. The molecule has 1 unspecified atom stereocenters. The SMILES string of the molecule is Fc1ccc(Cl)c(CN2CCCc3nnc(-c4noc(C5CCCN5)n4)cc32)c1Cl. The fraction of sp³-hybridized carbons (Fsp3) is 0.400. The van der Waals surface area contributed by atoms with Gasteiger partial charge in [-0.05, 0) is 50.4 Å². The Kier molecular flexibility index (Phi) is 5.30. The third-order valence-corrected chi connectivity index (χ3v) is 6.31. The minimum Gasteiger partial charge on any atom is -0.365 e. The van der Waals surface area contributed by atoms with Crippen LogP contribution in [0, 0.1) is 5.82 Å². The predicted molar refractivity (Wildman–Crippen MR) is 111 cm³/mol. The molecule has 156 valence electrons. The highest BCUT2D eigenvalue weighted by Crippen LogP contribution is 2.34. The molecule has 7 nitrogen and oxygen atoms in total. The molecule has 2 aliphatic heterocycles. The van der Waals surface area contributed by atoms with Gasteiger partial charge in [-0.25, -0.2) is 4.39 Å². The summed E-state index contributed by atoms with van der Waals surface area (Å²) >= 11 is 12.5. The number of anilines is 1. The number of fused-ring (bicyclic) bond motifs is 1. The molecule has 0 bridgehead atoms. The molecule has 1 aromatic carbocycles. The number of rotatable bonds is 4.